The number of likely N-dealkylation sites (tertiary alicyclic amines) is 1. The number of ether oxygens (including phenoxy) is 1. The van der Waals surface area contributed by atoms with Crippen LogP contribution in [0.5, 0.6) is 0 Å². The number of nitrogens with two attached hydrogens (primary N) is 1. The fourth-order valence-corrected chi connectivity index (χ4v) is 2.39. The monoisotopic (exact) mass is 252 g/mol. The second kappa shape index (κ2) is 5.12. The molecular formula is C13H20N2O3. The maximum absolute atomic E-state index is 11.5. The largest absolute Gasteiger partial charge is 0.465 e. The van der Waals surface area contributed by atoms with Crippen LogP contribution in [-0.4, -0.2) is 36.6 Å². The SMILES string of the molecule is COC(=O)c1cc(CN2CCC(N)C2C)oc1C. The Bertz CT molecular complexity index is 441. The second-order valence-corrected chi connectivity index (χ2v) is 4.84. The van der Waals surface area contributed by atoms with Gasteiger partial charge in [0.05, 0.1) is 13.7 Å². The first-order valence-corrected chi connectivity index (χ1v) is 6.20. The van der Waals surface area contributed by atoms with Gasteiger partial charge in [0.25, 0.3) is 0 Å². The van der Waals surface area contributed by atoms with E-state index in [4.69, 9.17) is 14.9 Å². The molecule has 5 heteroatoms. The van der Waals surface area contributed by atoms with Crippen molar-refractivity contribution in [3.8, 4) is 0 Å². The van der Waals surface area contributed by atoms with E-state index in [0.717, 1.165) is 18.7 Å². The van der Waals surface area contributed by atoms with Gasteiger partial charge in [-0.25, -0.2) is 4.79 Å². The minimum atomic E-state index is -0.353. The van der Waals surface area contributed by atoms with Crippen LogP contribution < -0.4 is 5.73 Å². The predicted octanol–water partition coefficient (Wildman–Crippen LogP) is 1.30. The van der Waals surface area contributed by atoms with E-state index in [0.29, 0.717) is 23.9 Å². The molecule has 2 heterocycles. The third-order valence-electron chi connectivity index (χ3n) is 3.68. The molecule has 1 aliphatic rings. The number of hydrogen-bond donors (Lipinski definition) is 1. The summed E-state index contributed by atoms with van der Waals surface area (Å²) in [5, 5.41) is 0. The number of nitrogens with zero attached hydrogens (tertiary/aromatic N) is 1. The molecule has 5 nitrogen and oxygen atoms in total. The van der Waals surface area contributed by atoms with Crippen LogP contribution in [-0.2, 0) is 11.3 Å². The van der Waals surface area contributed by atoms with E-state index >= 15 is 0 Å². The fourth-order valence-electron chi connectivity index (χ4n) is 2.39. The van der Waals surface area contributed by atoms with Gasteiger partial charge in [-0.15, -0.1) is 0 Å². The number of carbonyl (C=O) groups is 1. The molecule has 2 N–H and O–H groups in total. The normalized spacial score (nSPS) is 24.4. The van der Waals surface area contributed by atoms with Crippen LogP contribution >= 0.6 is 0 Å². The second-order valence-electron chi connectivity index (χ2n) is 4.84. The van der Waals surface area contributed by atoms with Gasteiger partial charge in [0.15, 0.2) is 0 Å². The molecule has 2 unspecified atom stereocenters. The van der Waals surface area contributed by atoms with Crippen molar-refractivity contribution in [1.29, 1.82) is 0 Å². The summed E-state index contributed by atoms with van der Waals surface area (Å²) in [6.45, 7) is 5.55. The summed E-state index contributed by atoms with van der Waals surface area (Å²) in [5.74, 6) is 1.04. The first kappa shape index (κ1) is 13.1. The Morgan fingerprint density at radius 3 is 2.94 bits per heavy atom. The van der Waals surface area contributed by atoms with Gasteiger partial charge in [-0.2, -0.15) is 0 Å². The Balaban J connectivity index is 2.09. The van der Waals surface area contributed by atoms with Crippen LogP contribution in [0.4, 0.5) is 0 Å². The van der Waals surface area contributed by atoms with Crippen molar-refractivity contribution in [3.05, 3.63) is 23.2 Å². The average molecular weight is 252 g/mol. The number of rotatable bonds is 3. The molecule has 0 radical (unpaired) electrons. The number of furan rings is 1. The lowest BCUT2D eigenvalue weighted by Crippen LogP contribution is -2.36. The first-order chi connectivity index (χ1) is 8.52. The van der Waals surface area contributed by atoms with Crippen molar-refractivity contribution in [2.24, 2.45) is 5.73 Å². The highest BCUT2D eigenvalue weighted by molar-refractivity contribution is 5.90. The zero-order chi connectivity index (χ0) is 13.3. The highest BCUT2D eigenvalue weighted by atomic mass is 16.5. The molecule has 1 aromatic heterocycles. The van der Waals surface area contributed by atoms with Gasteiger partial charge >= 0.3 is 5.97 Å². The molecule has 0 saturated carbocycles. The van der Waals surface area contributed by atoms with E-state index in [9.17, 15) is 4.79 Å². The molecule has 1 aliphatic heterocycles. The number of carbonyl (C=O) groups excluding carboxylic acids is 1. The smallest absolute Gasteiger partial charge is 0.341 e. The standard InChI is InChI=1S/C13H20N2O3/c1-8-12(14)4-5-15(8)7-10-6-11(9(2)18-10)13(16)17-3/h6,8,12H,4-5,7,14H2,1-3H3. The Labute approximate surface area is 107 Å². The van der Waals surface area contributed by atoms with E-state index in [-0.39, 0.29) is 12.0 Å². The minimum Gasteiger partial charge on any atom is -0.465 e. The molecule has 100 valence electrons. The summed E-state index contributed by atoms with van der Waals surface area (Å²) in [4.78, 5) is 13.8. The molecule has 0 bridgehead atoms. The molecule has 0 amide bonds. The minimum absolute atomic E-state index is 0.223. The van der Waals surface area contributed by atoms with Crippen LogP contribution in [0.15, 0.2) is 10.5 Å². The van der Waals surface area contributed by atoms with E-state index in [1.807, 2.05) is 0 Å². The van der Waals surface area contributed by atoms with Crippen LogP contribution in [0.1, 0.15) is 35.2 Å². The summed E-state index contributed by atoms with van der Waals surface area (Å²) >= 11 is 0. The molecule has 0 spiro atoms. The van der Waals surface area contributed by atoms with Crippen LogP contribution in [0, 0.1) is 6.92 Å². The van der Waals surface area contributed by atoms with Gasteiger partial charge in [-0.1, -0.05) is 0 Å². The van der Waals surface area contributed by atoms with E-state index in [1.165, 1.54) is 7.11 Å². The van der Waals surface area contributed by atoms with Crippen molar-refractivity contribution < 1.29 is 13.9 Å². The highest BCUT2D eigenvalue weighted by Crippen LogP contribution is 2.22. The van der Waals surface area contributed by atoms with Crippen LogP contribution in [0.3, 0.4) is 0 Å². The molecule has 0 aromatic carbocycles. The van der Waals surface area contributed by atoms with Crippen molar-refractivity contribution in [1.82, 2.24) is 4.90 Å². The summed E-state index contributed by atoms with van der Waals surface area (Å²) in [5.41, 5.74) is 6.48. The van der Waals surface area contributed by atoms with E-state index < -0.39 is 0 Å². The average Bonchev–Trinajstić information content (AvgIpc) is 2.86. The molecular weight excluding hydrogens is 232 g/mol. The first-order valence-electron chi connectivity index (χ1n) is 6.20. The third kappa shape index (κ3) is 2.42. The lowest BCUT2D eigenvalue weighted by Gasteiger charge is -2.21. The number of esters is 1. The zero-order valence-electron chi connectivity index (χ0n) is 11.1. The predicted molar refractivity (Wildman–Crippen MR) is 67.2 cm³/mol. The lowest BCUT2D eigenvalue weighted by atomic mass is 10.2. The maximum Gasteiger partial charge on any atom is 0.341 e. The number of hydrogen-bond acceptors (Lipinski definition) is 5. The van der Waals surface area contributed by atoms with Gasteiger partial charge in [0, 0.05) is 18.6 Å². The molecule has 1 aromatic rings. The highest BCUT2D eigenvalue weighted by Gasteiger charge is 2.28. The van der Waals surface area contributed by atoms with Crippen molar-refractivity contribution >= 4 is 5.97 Å². The number of aryl methyl sites for hydroxylation is 1. The Hall–Kier alpha value is -1.33. The lowest BCUT2D eigenvalue weighted by molar-refractivity contribution is 0.0599. The molecule has 2 rings (SSSR count). The third-order valence-corrected chi connectivity index (χ3v) is 3.68. The van der Waals surface area contributed by atoms with Gasteiger partial charge in [0.2, 0.25) is 0 Å². The van der Waals surface area contributed by atoms with Gasteiger partial charge < -0.3 is 14.9 Å². The van der Waals surface area contributed by atoms with Crippen LogP contribution in [0.2, 0.25) is 0 Å². The fraction of sp³-hybridized carbons (Fsp3) is 0.615. The van der Waals surface area contributed by atoms with Crippen LogP contribution in [0.25, 0.3) is 0 Å². The Morgan fingerprint density at radius 1 is 1.67 bits per heavy atom. The van der Waals surface area contributed by atoms with Crippen molar-refractivity contribution in [2.75, 3.05) is 13.7 Å². The zero-order valence-corrected chi connectivity index (χ0v) is 11.1. The van der Waals surface area contributed by atoms with Crippen molar-refractivity contribution in [2.45, 2.75) is 38.9 Å². The summed E-state index contributed by atoms with van der Waals surface area (Å²) in [6.07, 6.45) is 1.00. The van der Waals surface area contributed by atoms with Gasteiger partial charge in [-0.05, 0) is 26.3 Å². The number of methoxy groups -OCH3 is 1. The van der Waals surface area contributed by atoms with Gasteiger partial charge in [0.1, 0.15) is 17.1 Å². The molecule has 0 aliphatic carbocycles. The summed E-state index contributed by atoms with van der Waals surface area (Å²) in [6, 6.07) is 2.33. The Morgan fingerprint density at radius 2 is 2.39 bits per heavy atom. The quantitative estimate of drug-likeness (QED) is 0.821. The van der Waals surface area contributed by atoms with Crippen molar-refractivity contribution in [3.63, 3.8) is 0 Å². The Kier molecular flexibility index (Phi) is 3.73. The molecule has 1 fully saturated rings. The summed E-state index contributed by atoms with van der Waals surface area (Å²) < 4.78 is 10.3. The van der Waals surface area contributed by atoms with Gasteiger partial charge in [-0.3, -0.25) is 4.90 Å². The molecule has 1 saturated heterocycles. The topological polar surface area (TPSA) is 68.7 Å². The van der Waals surface area contributed by atoms with E-state index in [2.05, 4.69) is 11.8 Å². The molecule has 2 atom stereocenters. The molecule has 18 heavy (non-hydrogen) atoms. The summed E-state index contributed by atoms with van der Waals surface area (Å²) in [7, 11) is 1.37. The maximum atomic E-state index is 11.5. The van der Waals surface area contributed by atoms with E-state index in [1.54, 1.807) is 13.0 Å².